The van der Waals surface area contributed by atoms with E-state index >= 15 is 0 Å². The minimum Gasteiger partial charge on any atom is -0.348 e. The summed E-state index contributed by atoms with van der Waals surface area (Å²) in [6.45, 7) is 4.51. The standard InChI is InChI=1S/C14H17N3OS/c1-3-11-9(2)19-13(15)12(11)14(18)17-8-10-5-4-6-16-7-10/h4-7,9,15H,3,8H2,1-2H3,(H,17,18). The highest BCUT2D eigenvalue weighted by molar-refractivity contribution is 8.15. The average Bonchev–Trinajstić information content (AvgIpc) is 2.71. The Kier molecular flexibility index (Phi) is 4.37. The molecule has 0 fully saturated rings. The molecule has 0 bridgehead atoms. The molecule has 2 heterocycles. The highest BCUT2D eigenvalue weighted by Gasteiger charge is 2.30. The molecule has 0 radical (unpaired) electrons. The van der Waals surface area contributed by atoms with Crippen molar-refractivity contribution in [3.05, 3.63) is 41.2 Å². The van der Waals surface area contributed by atoms with E-state index in [1.54, 1.807) is 12.4 Å². The highest BCUT2D eigenvalue weighted by Crippen LogP contribution is 2.35. The van der Waals surface area contributed by atoms with Crippen molar-refractivity contribution in [2.45, 2.75) is 32.1 Å². The zero-order valence-corrected chi connectivity index (χ0v) is 11.9. The van der Waals surface area contributed by atoms with Gasteiger partial charge in [-0.3, -0.25) is 15.2 Å². The molecular weight excluding hydrogens is 258 g/mol. The van der Waals surface area contributed by atoms with Gasteiger partial charge in [-0.25, -0.2) is 0 Å². The molecule has 0 aromatic carbocycles. The van der Waals surface area contributed by atoms with Crippen LogP contribution in [0.25, 0.3) is 0 Å². The number of nitrogens with one attached hydrogen (secondary N) is 2. The van der Waals surface area contributed by atoms with Crippen LogP contribution < -0.4 is 5.32 Å². The van der Waals surface area contributed by atoms with E-state index < -0.39 is 0 Å². The van der Waals surface area contributed by atoms with Crippen LogP contribution in [0.15, 0.2) is 35.7 Å². The van der Waals surface area contributed by atoms with E-state index in [1.807, 2.05) is 26.0 Å². The summed E-state index contributed by atoms with van der Waals surface area (Å²) in [6, 6.07) is 3.76. The van der Waals surface area contributed by atoms with Gasteiger partial charge in [0.25, 0.3) is 5.91 Å². The van der Waals surface area contributed by atoms with Crippen molar-refractivity contribution in [1.82, 2.24) is 10.3 Å². The molecule has 1 aromatic rings. The van der Waals surface area contributed by atoms with E-state index in [4.69, 9.17) is 5.41 Å². The van der Waals surface area contributed by atoms with Crippen LogP contribution in [-0.2, 0) is 11.3 Å². The number of pyridine rings is 1. The van der Waals surface area contributed by atoms with Gasteiger partial charge in [0.05, 0.1) is 5.57 Å². The molecule has 4 nitrogen and oxygen atoms in total. The first kappa shape index (κ1) is 13.8. The first-order valence-corrected chi connectivity index (χ1v) is 7.17. The van der Waals surface area contributed by atoms with Crippen LogP contribution in [0.2, 0.25) is 0 Å². The smallest absolute Gasteiger partial charge is 0.254 e. The monoisotopic (exact) mass is 275 g/mol. The Bertz CT molecular complexity index is 525. The van der Waals surface area contributed by atoms with Gasteiger partial charge in [-0.15, -0.1) is 0 Å². The van der Waals surface area contributed by atoms with Gasteiger partial charge in [0.2, 0.25) is 0 Å². The molecule has 0 aliphatic carbocycles. The summed E-state index contributed by atoms with van der Waals surface area (Å²) in [7, 11) is 0. The Morgan fingerprint density at radius 1 is 1.58 bits per heavy atom. The lowest BCUT2D eigenvalue weighted by molar-refractivity contribution is -0.117. The number of hydrogen-bond donors (Lipinski definition) is 2. The van der Waals surface area contributed by atoms with E-state index in [0.717, 1.165) is 17.6 Å². The number of aromatic nitrogens is 1. The molecule has 1 aromatic heterocycles. The molecule has 5 heteroatoms. The molecule has 0 spiro atoms. The number of thioether (sulfide) groups is 1. The molecule has 1 unspecified atom stereocenters. The van der Waals surface area contributed by atoms with Crippen molar-refractivity contribution in [1.29, 1.82) is 5.41 Å². The van der Waals surface area contributed by atoms with E-state index in [0.29, 0.717) is 17.2 Å². The summed E-state index contributed by atoms with van der Waals surface area (Å²) < 4.78 is 0. The molecule has 2 N–H and O–H groups in total. The third-order valence-electron chi connectivity index (χ3n) is 3.12. The fourth-order valence-electron chi connectivity index (χ4n) is 2.14. The zero-order chi connectivity index (χ0) is 13.8. The summed E-state index contributed by atoms with van der Waals surface area (Å²) in [6.07, 6.45) is 4.24. The normalized spacial score (nSPS) is 18.8. The van der Waals surface area contributed by atoms with Gasteiger partial charge in [0, 0.05) is 24.2 Å². The lowest BCUT2D eigenvalue weighted by Crippen LogP contribution is -2.27. The van der Waals surface area contributed by atoms with Gasteiger partial charge in [-0.05, 0) is 30.5 Å². The van der Waals surface area contributed by atoms with Gasteiger partial charge in [-0.2, -0.15) is 0 Å². The number of amides is 1. The van der Waals surface area contributed by atoms with Crippen molar-refractivity contribution in [3.8, 4) is 0 Å². The predicted molar refractivity (Wildman–Crippen MR) is 78.2 cm³/mol. The number of hydrogen-bond acceptors (Lipinski definition) is 4. The quantitative estimate of drug-likeness (QED) is 0.887. The second-order valence-corrected chi connectivity index (χ2v) is 5.74. The molecule has 2 rings (SSSR count). The molecular formula is C14H17N3OS. The topological polar surface area (TPSA) is 65.8 Å². The number of carbonyl (C=O) groups is 1. The maximum atomic E-state index is 12.2. The molecule has 1 aliphatic rings. The zero-order valence-electron chi connectivity index (χ0n) is 11.1. The van der Waals surface area contributed by atoms with Gasteiger partial charge in [-0.1, -0.05) is 24.8 Å². The van der Waals surface area contributed by atoms with Gasteiger partial charge in [0.15, 0.2) is 0 Å². The van der Waals surface area contributed by atoms with Crippen LogP contribution in [0.5, 0.6) is 0 Å². The van der Waals surface area contributed by atoms with Gasteiger partial charge in [0.1, 0.15) is 5.04 Å². The van der Waals surface area contributed by atoms with Crippen LogP contribution in [0.3, 0.4) is 0 Å². The molecule has 1 aliphatic heterocycles. The number of nitrogens with zero attached hydrogens (tertiary/aromatic N) is 1. The fourth-order valence-corrected chi connectivity index (χ4v) is 3.26. The molecule has 0 saturated carbocycles. The van der Waals surface area contributed by atoms with Crippen LogP contribution >= 0.6 is 11.8 Å². The maximum Gasteiger partial charge on any atom is 0.254 e. The molecule has 19 heavy (non-hydrogen) atoms. The molecule has 0 saturated heterocycles. The summed E-state index contributed by atoms with van der Waals surface area (Å²) in [5.74, 6) is -0.150. The molecule has 1 atom stereocenters. The van der Waals surface area contributed by atoms with Crippen LogP contribution in [0, 0.1) is 5.41 Å². The average molecular weight is 275 g/mol. The second-order valence-electron chi connectivity index (χ2n) is 4.39. The fraction of sp³-hybridized carbons (Fsp3) is 0.357. The maximum absolute atomic E-state index is 12.2. The number of rotatable bonds is 4. The number of carbonyl (C=O) groups excluding carboxylic acids is 1. The predicted octanol–water partition coefficient (Wildman–Crippen LogP) is 2.52. The largest absolute Gasteiger partial charge is 0.348 e. The highest BCUT2D eigenvalue weighted by atomic mass is 32.2. The van der Waals surface area contributed by atoms with E-state index in [-0.39, 0.29) is 11.2 Å². The Morgan fingerprint density at radius 2 is 2.37 bits per heavy atom. The van der Waals surface area contributed by atoms with E-state index in [1.165, 1.54) is 11.8 Å². The van der Waals surface area contributed by atoms with Crippen molar-refractivity contribution in [2.24, 2.45) is 0 Å². The molecule has 1 amide bonds. The Morgan fingerprint density at radius 3 is 3.00 bits per heavy atom. The third-order valence-corrected chi connectivity index (χ3v) is 4.20. The van der Waals surface area contributed by atoms with Crippen molar-refractivity contribution < 1.29 is 4.79 Å². The van der Waals surface area contributed by atoms with Crippen LogP contribution in [0.4, 0.5) is 0 Å². The minimum absolute atomic E-state index is 0.150. The SMILES string of the molecule is CCC1=C(C(=O)NCc2cccnc2)C(=N)SC1C. The summed E-state index contributed by atoms with van der Waals surface area (Å²) >= 11 is 1.45. The lowest BCUT2D eigenvalue weighted by Gasteiger charge is -2.08. The van der Waals surface area contributed by atoms with Crippen LogP contribution in [-0.4, -0.2) is 21.2 Å². The van der Waals surface area contributed by atoms with E-state index in [9.17, 15) is 4.79 Å². The van der Waals surface area contributed by atoms with Crippen LogP contribution in [0.1, 0.15) is 25.8 Å². The summed E-state index contributed by atoms with van der Waals surface area (Å²) in [5.41, 5.74) is 2.59. The Balaban J connectivity index is 2.07. The van der Waals surface area contributed by atoms with Gasteiger partial charge < -0.3 is 5.32 Å². The third kappa shape index (κ3) is 3.04. The van der Waals surface area contributed by atoms with Crippen molar-refractivity contribution >= 4 is 22.7 Å². The first-order valence-electron chi connectivity index (χ1n) is 6.29. The van der Waals surface area contributed by atoms with Gasteiger partial charge >= 0.3 is 0 Å². The first-order chi connectivity index (χ1) is 9.13. The van der Waals surface area contributed by atoms with Crippen molar-refractivity contribution in [2.75, 3.05) is 0 Å². The summed E-state index contributed by atoms with van der Waals surface area (Å²) in [5, 5.41) is 11.4. The molecule has 100 valence electrons. The minimum atomic E-state index is -0.150. The Hall–Kier alpha value is -1.62. The van der Waals surface area contributed by atoms with E-state index in [2.05, 4.69) is 10.3 Å². The summed E-state index contributed by atoms with van der Waals surface area (Å²) in [4.78, 5) is 16.2. The Labute approximate surface area is 117 Å². The second kappa shape index (κ2) is 6.02. The lowest BCUT2D eigenvalue weighted by atomic mass is 10.0. The van der Waals surface area contributed by atoms with Crippen molar-refractivity contribution in [3.63, 3.8) is 0 Å².